The summed E-state index contributed by atoms with van der Waals surface area (Å²) in [5.74, 6) is 0.757. The van der Waals surface area contributed by atoms with Crippen molar-refractivity contribution in [2.45, 2.75) is 63.9 Å². The fraction of sp³-hybridized carbons (Fsp3) is 0.867. The van der Waals surface area contributed by atoms with Gasteiger partial charge in [-0.3, -0.25) is 0 Å². The van der Waals surface area contributed by atoms with Crippen LogP contribution in [0.3, 0.4) is 0 Å². The molecular formula is C15H28O2. The molecule has 2 atom stereocenters. The number of allylic oxidation sites excluding steroid dienone is 1. The lowest BCUT2D eigenvalue weighted by Gasteiger charge is -2.24. The lowest BCUT2D eigenvalue weighted by molar-refractivity contribution is -0.0820. The summed E-state index contributed by atoms with van der Waals surface area (Å²) in [4.78, 5) is 0. The van der Waals surface area contributed by atoms with Crippen LogP contribution in [-0.2, 0) is 9.47 Å². The quantitative estimate of drug-likeness (QED) is 0.527. The average molecular weight is 240 g/mol. The van der Waals surface area contributed by atoms with E-state index >= 15 is 0 Å². The van der Waals surface area contributed by atoms with E-state index in [1.54, 1.807) is 7.11 Å². The highest BCUT2D eigenvalue weighted by Gasteiger charge is 2.17. The number of methoxy groups -OCH3 is 1. The van der Waals surface area contributed by atoms with Crippen LogP contribution in [0.5, 0.6) is 0 Å². The van der Waals surface area contributed by atoms with E-state index in [-0.39, 0.29) is 0 Å². The van der Waals surface area contributed by atoms with Gasteiger partial charge >= 0.3 is 0 Å². The summed E-state index contributed by atoms with van der Waals surface area (Å²) >= 11 is 0. The standard InChI is InChI=1S/C15H28O2/c1-3-9-14-10-7-5-4-6-8-11-15(12-14)17-13-16-2/h3,14-15H,1,4-13H2,2H3. The molecule has 0 bridgehead atoms. The van der Waals surface area contributed by atoms with Crippen molar-refractivity contribution in [2.75, 3.05) is 13.9 Å². The van der Waals surface area contributed by atoms with Crippen molar-refractivity contribution in [3.8, 4) is 0 Å². The van der Waals surface area contributed by atoms with Crippen LogP contribution in [0, 0.1) is 5.92 Å². The smallest absolute Gasteiger partial charge is 0.146 e. The van der Waals surface area contributed by atoms with E-state index in [0.29, 0.717) is 12.9 Å². The van der Waals surface area contributed by atoms with E-state index in [1.165, 1.54) is 51.4 Å². The lowest BCUT2D eigenvalue weighted by Crippen LogP contribution is -2.19. The maximum Gasteiger partial charge on any atom is 0.146 e. The molecule has 0 aromatic heterocycles. The first-order valence-electron chi connectivity index (χ1n) is 7.08. The van der Waals surface area contributed by atoms with Crippen LogP contribution in [0.15, 0.2) is 12.7 Å². The molecule has 0 aromatic rings. The summed E-state index contributed by atoms with van der Waals surface area (Å²) in [6.45, 7) is 4.31. The molecule has 0 aromatic carbocycles. The molecular weight excluding hydrogens is 212 g/mol. The summed E-state index contributed by atoms with van der Waals surface area (Å²) in [6, 6.07) is 0. The van der Waals surface area contributed by atoms with E-state index in [0.717, 1.165) is 12.3 Å². The van der Waals surface area contributed by atoms with Gasteiger partial charge in [-0.2, -0.15) is 0 Å². The van der Waals surface area contributed by atoms with Gasteiger partial charge in [0.05, 0.1) is 6.10 Å². The first-order chi connectivity index (χ1) is 8.36. The highest BCUT2D eigenvalue weighted by molar-refractivity contribution is 4.76. The topological polar surface area (TPSA) is 18.5 Å². The second kappa shape index (κ2) is 9.67. The predicted molar refractivity (Wildman–Crippen MR) is 72.0 cm³/mol. The van der Waals surface area contributed by atoms with Gasteiger partial charge in [-0.25, -0.2) is 0 Å². The zero-order chi connectivity index (χ0) is 12.3. The van der Waals surface area contributed by atoms with Gasteiger partial charge in [-0.15, -0.1) is 6.58 Å². The third kappa shape index (κ3) is 6.85. The Morgan fingerprint density at radius 3 is 2.53 bits per heavy atom. The van der Waals surface area contributed by atoms with E-state index in [2.05, 4.69) is 12.7 Å². The maximum absolute atomic E-state index is 5.78. The fourth-order valence-electron chi connectivity index (χ4n) is 2.71. The Morgan fingerprint density at radius 2 is 1.82 bits per heavy atom. The van der Waals surface area contributed by atoms with Gasteiger partial charge in [0.2, 0.25) is 0 Å². The summed E-state index contributed by atoms with van der Waals surface area (Å²) in [6.07, 6.45) is 14.1. The van der Waals surface area contributed by atoms with Crippen molar-refractivity contribution in [1.29, 1.82) is 0 Å². The van der Waals surface area contributed by atoms with Crippen LogP contribution in [0.4, 0.5) is 0 Å². The minimum atomic E-state index is 0.387. The normalized spacial score (nSPS) is 27.6. The molecule has 100 valence electrons. The Kier molecular flexibility index (Phi) is 8.37. The van der Waals surface area contributed by atoms with Crippen molar-refractivity contribution in [3.05, 3.63) is 12.7 Å². The molecule has 2 nitrogen and oxygen atoms in total. The molecule has 0 radical (unpaired) electrons. The summed E-state index contributed by atoms with van der Waals surface area (Å²) in [5.41, 5.74) is 0. The van der Waals surface area contributed by atoms with E-state index < -0.39 is 0 Å². The van der Waals surface area contributed by atoms with Crippen molar-refractivity contribution < 1.29 is 9.47 Å². The molecule has 0 aliphatic heterocycles. The first kappa shape index (κ1) is 14.7. The van der Waals surface area contributed by atoms with Gasteiger partial charge in [0.15, 0.2) is 0 Å². The fourth-order valence-corrected chi connectivity index (χ4v) is 2.71. The monoisotopic (exact) mass is 240 g/mol. The van der Waals surface area contributed by atoms with Gasteiger partial charge in [-0.1, -0.05) is 44.6 Å². The lowest BCUT2D eigenvalue weighted by atomic mass is 9.88. The van der Waals surface area contributed by atoms with Gasteiger partial charge in [-0.05, 0) is 25.2 Å². The number of rotatable bonds is 5. The van der Waals surface area contributed by atoms with E-state index in [4.69, 9.17) is 9.47 Å². The van der Waals surface area contributed by atoms with Crippen molar-refractivity contribution in [2.24, 2.45) is 5.92 Å². The molecule has 0 spiro atoms. The Bertz CT molecular complexity index is 191. The molecule has 1 aliphatic rings. The molecule has 0 N–H and O–H groups in total. The molecule has 1 fully saturated rings. The zero-order valence-corrected chi connectivity index (χ0v) is 11.3. The van der Waals surface area contributed by atoms with Crippen LogP contribution in [0.25, 0.3) is 0 Å². The summed E-state index contributed by atoms with van der Waals surface area (Å²) < 4.78 is 10.8. The Labute approximate surface area is 106 Å². The second-order valence-corrected chi connectivity index (χ2v) is 5.17. The molecule has 1 saturated carbocycles. The summed E-state index contributed by atoms with van der Waals surface area (Å²) in [7, 11) is 1.70. The van der Waals surface area contributed by atoms with Crippen molar-refractivity contribution in [1.82, 2.24) is 0 Å². The van der Waals surface area contributed by atoms with Crippen LogP contribution in [0.1, 0.15) is 57.8 Å². The minimum Gasteiger partial charge on any atom is -0.359 e. The largest absolute Gasteiger partial charge is 0.359 e. The maximum atomic E-state index is 5.78. The summed E-state index contributed by atoms with van der Waals surface area (Å²) in [5, 5.41) is 0. The van der Waals surface area contributed by atoms with Crippen LogP contribution in [0.2, 0.25) is 0 Å². The van der Waals surface area contributed by atoms with E-state index in [9.17, 15) is 0 Å². The number of hydrogen-bond acceptors (Lipinski definition) is 2. The Hall–Kier alpha value is -0.340. The first-order valence-corrected chi connectivity index (χ1v) is 7.08. The Morgan fingerprint density at radius 1 is 1.12 bits per heavy atom. The molecule has 0 heterocycles. The van der Waals surface area contributed by atoms with Crippen molar-refractivity contribution in [3.63, 3.8) is 0 Å². The molecule has 2 unspecified atom stereocenters. The van der Waals surface area contributed by atoms with E-state index in [1.807, 2.05) is 0 Å². The SMILES string of the molecule is C=CCC1CCCCCCCC(OCOC)C1. The number of ether oxygens (including phenoxy) is 2. The van der Waals surface area contributed by atoms with Crippen molar-refractivity contribution >= 4 is 0 Å². The minimum absolute atomic E-state index is 0.387. The third-order valence-electron chi connectivity index (χ3n) is 3.66. The molecule has 2 heteroatoms. The van der Waals surface area contributed by atoms with Crippen LogP contribution >= 0.6 is 0 Å². The highest BCUT2D eigenvalue weighted by atomic mass is 16.7. The van der Waals surface area contributed by atoms with Gasteiger partial charge in [0.1, 0.15) is 6.79 Å². The third-order valence-corrected chi connectivity index (χ3v) is 3.66. The average Bonchev–Trinajstić information content (AvgIpc) is 2.35. The van der Waals surface area contributed by atoms with Gasteiger partial charge in [0, 0.05) is 7.11 Å². The highest BCUT2D eigenvalue weighted by Crippen LogP contribution is 2.25. The van der Waals surface area contributed by atoms with Crippen LogP contribution in [-0.4, -0.2) is 20.0 Å². The molecule has 0 saturated heterocycles. The second-order valence-electron chi connectivity index (χ2n) is 5.17. The number of hydrogen-bond donors (Lipinski definition) is 0. The van der Waals surface area contributed by atoms with Gasteiger partial charge in [0.25, 0.3) is 0 Å². The molecule has 0 amide bonds. The molecule has 1 aliphatic carbocycles. The molecule has 17 heavy (non-hydrogen) atoms. The predicted octanol–water partition coefficient (Wildman–Crippen LogP) is 4.30. The molecule has 1 rings (SSSR count). The van der Waals surface area contributed by atoms with Gasteiger partial charge < -0.3 is 9.47 Å². The van der Waals surface area contributed by atoms with Crippen LogP contribution < -0.4 is 0 Å². The zero-order valence-electron chi connectivity index (χ0n) is 11.3. The Balaban J connectivity index is 2.42.